The lowest BCUT2D eigenvalue weighted by Gasteiger charge is -2.23. The van der Waals surface area contributed by atoms with Crippen molar-refractivity contribution in [2.45, 2.75) is 44.4 Å². The number of thioether (sulfide) groups is 1. The van der Waals surface area contributed by atoms with Gasteiger partial charge in [-0.2, -0.15) is 11.8 Å². The monoisotopic (exact) mass is 251 g/mol. The summed E-state index contributed by atoms with van der Waals surface area (Å²) in [6.07, 6.45) is 7.65. The highest BCUT2D eigenvalue weighted by atomic mass is 32.2. The molecule has 2 heterocycles. The average Bonchev–Trinajstić information content (AvgIpc) is 2.38. The molecule has 2 atom stereocenters. The minimum Gasteiger partial charge on any atom is -0.308 e. The number of nitrogens with zero attached hydrogens (tertiary/aromatic N) is 2. The van der Waals surface area contributed by atoms with E-state index in [4.69, 9.17) is 0 Å². The Morgan fingerprint density at radius 3 is 2.94 bits per heavy atom. The van der Waals surface area contributed by atoms with Crippen molar-refractivity contribution in [1.29, 1.82) is 0 Å². The molecule has 1 aromatic rings. The van der Waals surface area contributed by atoms with Gasteiger partial charge in [-0.1, -0.05) is 6.42 Å². The van der Waals surface area contributed by atoms with Gasteiger partial charge in [0.15, 0.2) is 0 Å². The van der Waals surface area contributed by atoms with Crippen LogP contribution in [0.5, 0.6) is 0 Å². The molecule has 1 saturated heterocycles. The lowest BCUT2D eigenvalue weighted by molar-refractivity contribution is 0.526. The average molecular weight is 251 g/mol. The largest absolute Gasteiger partial charge is 0.308 e. The van der Waals surface area contributed by atoms with Gasteiger partial charge in [0.25, 0.3) is 0 Å². The molecule has 3 nitrogen and oxygen atoms in total. The molecule has 1 fully saturated rings. The minimum absolute atomic E-state index is 0.297. The molecular weight excluding hydrogens is 230 g/mol. The van der Waals surface area contributed by atoms with Gasteiger partial charge in [0.05, 0.1) is 11.4 Å². The molecule has 0 radical (unpaired) electrons. The molecule has 0 amide bonds. The highest BCUT2D eigenvalue weighted by molar-refractivity contribution is 7.99. The molecule has 0 aromatic carbocycles. The van der Waals surface area contributed by atoms with E-state index in [9.17, 15) is 0 Å². The van der Waals surface area contributed by atoms with Crippen molar-refractivity contribution >= 4 is 11.8 Å². The Balaban J connectivity index is 1.84. The Bertz CT molecular complexity index is 350. The first-order valence-electron chi connectivity index (χ1n) is 6.40. The minimum atomic E-state index is 0.297. The highest BCUT2D eigenvalue weighted by Gasteiger charge is 2.16. The fraction of sp³-hybridized carbons (Fsp3) is 0.692. The van der Waals surface area contributed by atoms with Crippen LogP contribution in [0.1, 0.15) is 43.6 Å². The van der Waals surface area contributed by atoms with Crippen LogP contribution in [-0.2, 0) is 0 Å². The smallest absolute Gasteiger partial charge is 0.0782 e. The molecule has 17 heavy (non-hydrogen) atoms. The molecule has 0 aliphatic carbocycles. The Kier molecular flexibility index (Phi) is 4.80. The summed E-state index contributed by atoms with van der Waals surface area (Å²) in [5.41, 5.74) is 2.11. The Hall–Kier alpha value is -0.610. The van der Waals surface area contributed by atoms with Crippen LogP contribution >= 0.6 is 11.8 Å². The van der Waals surface area contributed by atoms with Gasteiger partial charge < -0.3 is 5.32 Å². The first-order chi connectivity index (χ1) is 8.27. The molecule has 0 spiro atoms. The maximum absolute atomic E-state index is 4.41. The van der Waals surface area contributed by atoms with E-state index in [1.165, 1.54) is 25.0 Å². The molecule has 0 saturated carbocycles. The van der Waals surface area contributed by atoms with E-state index in [1.54, 1.807) is 12.4 Å². The van der Waals surface area contributed by atoms with Crippen molar-refractivity contribution in [3.63, 3.8) is 0 Å². The standard InChI is InChI=1S/C13H21N3S/c1-10-13(15-7-6-14-10)11(2)16-9-12-5-3-4-8-17-12/h6-7,11-12,16H,3-5,8-9H2,1-2H3. The zero-order chi connectivity index (χ0) is 12.1. The van der Waals surface area contributed by atoms with Gasteiger partial charge >= 0.3 is 0 Å². The van der Waals surface area contributed by atoms with E-state index in [2.05, 4.69) is 34.0 Å². The van der Waals surface area contributed by atoms with Crippen molar-refractivity contribution in [3.05, 3.63) is 23.8 Å². The van der Waals surface area contributed by atoms with E-state index in [1.807, 2.05) is 6.92 Å². The van der Waals surface area contributed by atoms with E-state index in [-0.39, 0.29) is 0 Å². The SMILES string of the molecule is Cc1nccnc1C(C)NCC1CCCCS1. The summed E-state index contributed by atoms with van der Waals surface area (Å²) in [5.74, 6) is 1.32. The third-order valence-corrected chi connectivity index (χ3v) is 4.65. The van der Waals surface area contributed by atoms with Crippen molar-refractivity contribution in [3.8, 4) is 0 Å². The van der Waals surface area contributed by atoms with Crippen LogP contribution in [-0.4, -0.2) is 27.5 Å². The molecule has 4 heteroatoms. The number of hydrogen-bond donors (Lipinski definition) is 1. The summed E-state index contributed by atoms with van der Waals surface area (Å²) in [5, 5.41) is 4.37. The van der Waals surface area contributed by atoms with Crippen LogP contribution in [0.3, 0.4) is 0 Å². The van der Waals surface area contributed by atoms with Crippen LogP contribution in [0.4, 0.5) is 0 Å². The molecule has 1 aromatic heterocycles. The zero-order valence-electron chi connectivity index (χ0n) is 10.6. The molecule has 2 rings (SSSR count). The number of hydrogen-bond acceptors (Lipinski definition) is 4. The van der Waals surface area contributed by atoms with Gasteiger partial charge in [0, 0.05) is 30.2 Å². The summed E-state index contributed by atoms with van der Waals surface area (Å²) < 4.78 is 0. The lowest BCUT2D eigenvalue weighted by Crippen LogP contribution is -2.29. The Labute approximate surface area is 108 Å². The second kappa shape index (κ2) is 6.36. The first-order valence-corrected chi connectivity index (χ1v) is 7.44. The summed E-state index contributed by atoms with van der Waals surface area (Å²) >= 11 is 2.11. The van der Waals surface area contributed by atoms with E-state index in [0.717, 1.165) is 23.2 Å². The number of aromatic nitrogens is 2. The molecule has 1 N–H and O–H groups in total. The quantitative estimate of drug-likeness (QED) is 0.893. The van der Waals surface area contributed by atoms with Gasteiger partial charge in [-0.3, -0.25) is 9.97 Å². The summed E-state index contributed by atoms with van der Waals surface area (Å²) in [6.45, 7) is 5.28. The van der Waals surface area contributed by atoms with Crippen molar-refractivity contribution in [2.24, 2.45) is 0 Å². The summed E-state index contributed by atoms with van der Waals surface area (Å²) in [6, 6.07) is 0.297. The Morgan fingerprint density at radius 2 is 2.24 bits per heavy atom. The zero-order valence-corrected chi connectivity index (χ0v) is 11.5. The van der Waals surface area contributed by atoms with Crippen LogP contribution < -0.4 is 5.32 Å². The normalized spacial score (nSPS) is 22.4. The third kappa shape index (κ3) is 3.68. The number of nitrogens with one attached hydrogen (secondary N) is 1. The molecule has 94 valence electrons. The van der Waals surface area contributed by atoms with Crippen molar-refractivity contribution < 1.29 is 0 Å². The van der Waals surface area contributed by atoms with Crippen molar-refractivity contribution in [1.82, 2.24) is 15.3 Å². The fourth-order valence-electron chi connectivity index (χ4n) is 2.22. The van der Waals surface area contributed by atoms with E-state index in [0.29, 0.717) is 6.04 Å². The molecule has 0 bridgehead atoms. The third-order valence-electron chi connectivity index (χ3n) is 3.26. The van der Waals surface area contributed by atoms with Gasteiger partial charge in [0.1, 0.15) is 0 Å². The van der Waals surface area contributed by atoms with E-state index < -0.39 is 0 Å². The number of aryl methyl sites for hydroxylation is 1. The predicted octanol–water partition coefficient (Wildman–Crippen LogP) is 2.72. The highest BCUT2D eigenvalue weighted by Crippen LogP contribution is 2.25. The van der Waals surface area contributed by atoms with Gasteiger partial charge in [-0.05, 0) is 32.4 Å². The van der Waals surface area contributed by atoms with Crippen LogP contribution in [0.2, 0.25) is 0 Å². The second-order valence-electron chi connectivity index (χ2n) is 4.65. The predicted molar refractivity (Wildman–Crippen MR) is 73.3 cm³/mol. The van der Waals surface area contributed by atoms with Crippen LogP contribution in [0, 0.1) is 6.92 Å². The number of rotatable bonds is 4. The van der Waals surface area contributed by atoms with E-state index >= 15 is 0 Å². The molecule has 1 aliphatic heterocycles. The molecule has 1 aliphatic rings. The molecular formula is C13H21N3S. The van der Waals surface area contributed by atoms with Gasteiger partial charge in [-0.15, -0.1) is 0 Å². The Morgan fingerprint density at radius 1 is 1.41 bits per heavy atom. The second-order valence-corrected chi connectivity index (χ2v) is 6.05. The van der Waals surface area contributed by atoms with Gasteiger partial charge in [0.2, 0.25) is 0 Å². The molecule has 2 unspecified atom stereocenters. The summed E-state index contributed by atoms with van der Waals surface area (Å²) in [4.78, 5) is 8.70. The lowest BCUT2D eigenvalue weighted by atomic mass is 10.1. The van der Waals surface area contributed by atoms with Crippen LogP contribution in [0.25, 0.3) is 0 Å². The topological polar surface area (TPSA) is 37.8 Å². The first kappa shape index (κ1) is 12.8. The maximum atomic E-state index is 4.41. The maximum Gasteiger partial charge on any atom is 0.0782 e. The fourth-order valence-corrected chi connectivity index (χ4v) is 3.47. The van der Waals surface area contributed by atoms with Gasteiger partial charge in [-0.25, -0.2) is 0 Å². The van der Waals surface area contributed by atoms with Crippen molar-refractivity contribution in [2.75, 3.05) is 12.3 Å². The summed E-state index contributed by atoms with van der Waals surface area (Å²) in [7, 11) is 0. The van der Waals surface area contributed by atoms with Crippen LogP contribution in [0.15, 0.2) is 12.4 Å².